The van der Waals surface area contributed by atoms with E-state index in [1.165, 1.54) is 4.90 Å². The van der Waals surface area contributed by atoms with Gasteiger partial charge in [0.15, 0.2) is 5.96 Å². The van der Waals surface area contributed by atoms with Crippen LogP contribution in [0.15, 0.2) is 23.7 Å². The molecule has 3 heterocycles. The summed E-state index contributed by atoms with van der Waals surface area (Å²) in [5.74, 6) is 1.97. The van der Waals surface area contributed by atoms with Crippen LogP contribution in [0, 0.1) is 11.8 Å². The predicted molar refractivity (Wildman–Crippen MR) is 108 cm³/mol. The first kappa shape index (κ1) is 21.9. The van der Waals surface area contributed by atoms with E-state index in [9.17, 15) is 13.2 Å². The fourth-order valence-corrected chi connectivity index (χ4v) is 4.50. The van der Waals surface area contributed by atoms with Crippen molar-refractivity contribution in [2.75, 3.05) is 46.3 Å². The Kier molecular flexibility index (Phi) is 7.43. The van der Waals surface area contributed by atoms with Crippen LogP contribution in [0.3, 0.4) is 0 Å². The van der Waals surface area contributed by atoms with Gasteiger partial charge in [-0.15, -0.1) is 0 Å². The molecular weight excluding hydrogens is 381 g/mol. The molecule has 0 saturated carbocycles. The molecule has 0 aliphatic carbocycles. The van der Waals surface area contributed by atoms with Crippen LogP contribution in [0.1, 0.15) is 38.6 Å². The first-order chi connectivity index (χ1) is 13.9. The van der Waals surface area contributed by atoms with E-state index in [0.717, 1.165) is 51.3 Å². The molecule has 3 rings (SSSR count). The van der Waals surface area contributed by atoms with Crippen molar-refractivity contribution in [3.63, 3.8) is 0 Å². The monoisotopic (exact) mass is 414 g/mol. The van der Waals surface area contributed by atoms with Crippen molar-refractivity contribution < 1.29 is 13.2 Å². The molecule has 2 aliphatic heterocycles. The third-order valence-corrected chi connectivity index (χ3v) is 6.28. The molecule has 2 unspecified atom stereocenters. The number of nitrogens with one attached hydrogen (secondary N) is 1. The van der Waals surface area contributed by atoms with E-state index >= 15 is 0 Å². The Morgan fingerprint density at radius 1 is 1.21 bits per heavy atom. The highest BCUT2D eigenvalue weighted by atomic mass is 19.4. The van der Waals surface area contributed by atoms with Crippen LogP contribution < -0.4 is 5.32 Å². The summed E-state index contributed by atoms with van der Waals surface area (Å²) in [5, 5.41) is 3.47. The normalized spacial score (nSPS) is 25.4. The molecule has 29 heavy (non-hydrogen) atoms. The molecule has 1 N–H and O–H groups in total. The number of hydrogen-bond donors (Lipinski definition) is 1. The van der Waals surface area contributed by atoms with Gasteiger partial charge >= 0.3 is 6.18 Å². The largest absolute Gasteiger partial charge is 0.401 e. The van der Waals surface area contributed by atoms with E-state index in [2.05, 4.69) is 31.7 Å². The zero-order valence-corrected chi connectivity index (χ0v) is 17.4. The molecule has 0 spiro atoms. The number of halogens is 3. The van der Waals surface area contributed by atoms with Crippen molar-refractivity contribution >= 4 is 5.96 Å². The van der Waals surface area contributed by atoms with Gasteiger partial charge < -0.3 is 14.8 Å². The molecule has 2 atom stereocenters. The molecule has 9 heteroatoms. The fraction of sp³-hybridized carbons (Fsp3) is 0.800. The summed E-state index contributed by atoms with van der Waals surface area (Å²) in [6.45, 7) is 5.25. The molecule has 0 radical (unpaired) electrons. The average molecular weight is 415 g/mol. The third kappa shape index (κ3) is 6.35. The van der Waals surface area contributed by atoms with Gasteiger partial charge in [-0.3, -0.25) is 9.89 Å². The lowest BCUT2D eigenvalue weighted by molar-refractivity contribution is -0.148. The Hall–Kier alpha value is -1.77. The predicted octanol–water partition coefficient (Wildman–Crippen LogP) is 3.01. The van der Waals surface area contributed by atoms with Gasteiger partial charge in [0.2, 0.25) is 0 Å². The van der Waals surface area contributed by atoms with Gasteiger partial charge in [-0.25, -0.2) is 4.98 Å². The minimum absolute atomic E-state index is 0.378. The summed E-state index contributed by atoms with van der Waals surface area (Å²) < 4.78 is 39.7. The van der Waals surface area contributed by atoms with Crippen LogP contribution in [0.4, 0.5) is 13.2 Å². The van der Waals surface area contributed by atoms with Crippen LogP contribution in [0.5, 0.6) is 0 Å². The second kappa shape index (κ2) is 9.82. The van der Waals surface area contributed by atoms with Crippen molar-refractivity contribution in [2.45, 2.75) is 44.8 Å². The van der Waals surface area contributed by atoms with Crippen molar-refractivity contribution in [3.8, 4) is 0 Å². The van der Waals surface area contributed by atoms with Gasteiger partial charge in [0, 0.05) is 39.1 Å². The second-order valence-electron chi connectivity index (χ2n) is 8.39. The molecule has 0 amide bonds. The van der Waals surface area contributed by atoms with Gasteiger partial charge in [0.1, 0.15) is 0 Å². The van der Waals surface area contributed by atoms with Crippen LogP contribution in [-0.2, 0) is 0 Å². The van der Waals surface area contributed by atoms with E-state index in [1.807, 2.05) is 25.8 Å². The highest BCUT2D eigenvalue weighted by Gasteiger charge is 2.32. The number of guanidine groups is 1. The van der Waals surface area contributed by atoms with E-state index < -0.39 is 12.7 Å². The molecule has 1 aromatic heterocycles. The lowest BCUT2D eigenvalue weighted by Crippen LogP contribution is -2.49. The van der Waals surface area contributed by atoms with E-state index in [-0.39, 0.29) is 0 Å². The number of likely N-dealkylation sites (tertiary alicyclic amines) is 2. The maximum absolute atomic E-state index is 12.5. The number of aromatic nitrogens is 2. The standard InChI is InChI=1S/C20H33F3N6/c1-16-4-11-28(13-18(16)29-12-8-25-15-29)19(24-2)26-7-3-17-5-9-27(10-6-17)14-20(21,22)23/h8,12,15-18H,3-7,9-11,13-14H2,1-2H3,(H,24,26). The molecule has 1 aromatic rings. The first-order valence-electron chi connectivity index (χ1n) is 10.6. The van der Waals surface area contributed by atoms with E-state index in [1.54, 1.807) is 0 Å². The van der Waals surface area contributed by atoms with Crippen molar-refractivity contribution in [1.29, 1.82) is 0 Å². The smallest absolute Gasteiger partial charge is 0.356 e. The van der Waals surface area contributed by atoms with Crippen LogP contribution in [0.2, 0.25) is 0 Å². The molecule has 0 bridgehead atoms. The van der Waals surface area contributed by atoms with Crippen LogP contribution in [0.25, 0.3) is 0 Å². The molecule has 164 valence electrons. The number of imidazole rings is 1. The number of alkyl halides is 3. The number of hydrogen-bond acceptors (Lipinski definition) is 3. The average Bonchev–Trinajstić information content (AvgIpc) is 3.21. The Morgan fingerprint density at radius 2 is 1.97 bits per heavy atom. The highest BCUT2D eigenvalue weighted by Crippen LogP contribution is 2.27. The summed E-state index contributed by atoms with van der Waals surface area (Å²) in [5.41, 5.74) is 0. The number of aliphatic imine (C=N–C) groups is 1. The lowest BCUT2D eigenvalue weighted by Gasteiger charge is -2.39. The SMILES string of the molecule is CN=C(NCCC1CCN(CC(F)(F)F)CC1)N1CCC(C)C(n2ccnc2)C1. The Labute approximate surface area is 171 Å². The van der Waals surface area contributed by atoms with Crippen LogP contribution in [-0.4, -0.2) is 77.8 Å². The number of rotatable bonds is 5. The van der Waals surface area contributed by atoms with Gasteiger partial charge in [0.25, 0.3) is 0 Å². The van der Waals surface area contributed by atoms with Gasteiger partial charge in [-0.1, -0.05) is 6.92 Å². The molecular formula is C20H33F3N6. The van der Waals surface area contributed by atoms with Crippen molar-refractivity contribution in [1.82, 2.24) is 24.7 Å². The molecule has 6 nitrogen and oxygen atoms in total. The topological polar surface area (TPSA) is 48.7 Å². The summed E-state index contributed by atoms with van der Waals surface area (Å²) in [4.78, 5) is 12.5. The second-order valence-corrected chi connectivity index (χ2v) is 8.39. The molecule has 0 aromatic carbocycles. The molecule has 2 aliphatic rings. The van der Waals surface area contributed by atoms with Crippen molar-refractivity contribution in [3.05, 3.63) is 18.7 Å². The molecule has 2 saturated heterocycles. The Bertz CT molecular complexity index is 637. The minimum atomic E-state index is -4.10. The Morgan fingerprint density at radius 3 is 2.59 bits per heavy atom. The van der Waals surface area contributed by atoms with Gasteiger partial charge in [0.05, 0.1) is 18.9 Å². The van der Waals surface area contributed by atoms with Gasteiger partial charge in [-0.2, -0.15) is 13.2 Å². The summed E-state index contributed by atoms with van der Waals surface area (Å²) in [7, 11) is 1.81. The maximum atomic E-state index is 12.5. The van der Waals surface area contributed by atoms with Crippen LogP contribution >= 0.6 is 0 Å². The third-order valence-electron chi connectivity index (χ3n) is 6.28. The summed E-state index contributed by atoms with van der Waals surface area (Å²) >= 11 is 0. The van der Waals surface area contributed by atoms with Gasteiger partial charge in [-0.05, 0) is 50.6 Å². The van der Waals surface area contributed by atoms with E-state index in [4.69, 9.17) is 0 Å². The Balaban J connectivity index is 1.42. The highest BCUT2D eigenvalue weighted by molar-refractivity contribution is 5.80. The number of nitrogens with zero attached hydrogens (tertiary/aromatic N) is 5. The quantitative estimate of drug-likeness (QED) is 0.595. The summed E-state index contributed by atoms with van der Waals surface area (Å²) in [6, 6.07) is 0.378. The zero-order valence-electron chi connectivity index (χ0n) is 17.4. The van der Waals surface area contributed by atoms with Crippen molar-refractivity contribution in [2.24, 2.45) is 16.8 Å². The molecule has 2 fully saturated rings. The summed E-state index contributed by atoms with van der Waals surface area (Å²) in [6.07, 6.45) is 5.36. The fourth-order valence-electron chi connectivity index (χ4n) is 4.50. The lowest BCUT2D eigenvalue weighted by atomic mass is 9.93. The minimum Gasteiger partial charge on any atom is -0.356 e. The zero-order chi connectivity index (χ0) is 20.9. The number of piperidine rings is 2. The maximum Gasteiger partial charge on any atom is 0.401 e. The first-order valence-corrected chi connectivity index (χ1v) is 10.6. The van der Waals surface area contributed by atoms with E-state index in [0.29, 0.717) is 31.0 Å².